The van der Waals surface area contributed by atoms with E-state index in [1.807, 2.05) is 24.3 Å². The molecule has 1 N–H and O–H groups in total. The summed E-state index contributed by atoms with van der Waals surface area (Å²) >= 11 is 5.95. The van der Waals surface area contributed by atoms with Crippen LogP contribution in [-0.2, 0) is 5.41 Å². The minimum atomic E-state index is -0.632. The molecule has 0 saturated heterocycles. The van der Waals surface area contributed by atoms with Gasteiger partial charge >= 0.3 is 0 Å². The highest BCUT2D eigenvalue weighted by Gasteiger charge is 2.15. The lowest BCUT2D eigenvalue weighted by molar-refractivity contribution is 0.220. The lowest BCUT2D eigenvalue weighted by Crippen LogP contribution is -2.11. The summed E-state index contributed by atoms with van der Waals surface area (Å²) in [5.74, 6) is 0. The highest BCUT2D eigenvalue weighted by Crippen LogP contribution is 2.27. The Labute approximate surface area is 119 Å². The molecule has 0 bridgehead atoms. The van der Waals surface area contributed by atoms with Gasteiger partial charge in [-0.3, -0.25) is 0 Å². The molecule has 1 unspecified atom stereocenters. The minimum Gasteiger partial charge on any atom is -0.384 e. The third-order valence-corrected chi connectivity index (χ3v) is 3.49. The van der Waals surface area contributed by atoms with Gasteiger partial charge in [0.05, 0.1) is 0 Å². The monoisotopic (exact) mass is 274 g/mol. The fourth-order valence-corrected chi connectivity index (χ4v) is 2.23. The van der Waals surface area contributed by atoms with Crippen LogP contribution in [0.4, 0.5) is 0 Å². The number of aliphatic hydroxyl groups excluding tert-OH is 1. The molecule has 1 atom stereocenters. The third kappa shape index (κ3) is 3.37. The van der Waals surface area contributed by atoms with Crippen LogP contribution in [0.3, 0.4) is 0 Å². The van der Waals surface area contributed by atoms with E-state index in [1.54, 1.807) is 12.1 Å². The number of rotatable bonds is 2. The van der Waals surface area contributed by atoms with Crippen LogP contribution >= 0.6 is 11.6 Å². The molecule has 0 aliphatic carbocycles. The van der Waals surface area contributed by atoms with Crippen LogP contribution in [0.25, 0.3) is 0 Å². The Bertz CT molecular complexity index is 552. The summed E-state index contributed by atoms with van der Waals surface area (Å²) in [4.78, 5) is 0. The molecule has 0 radical (unpaired) electrons. The van der Waals surface area contributed by atoms with Gasteiger partial charge in [0, 0.05) is 5.02 Å². The van der Waals surface area contributed by atoms with Crippen molar-refractivity contribution in [1.29, 1.82) is 0 Å². The van der Waals surface area contributed by atoms with Crippen molar-refractivity contribution in [1.82, 2.24) is 0 Å². The molecule has 0 saturated carbocycles. The minimum absolute atomic E-state index is 0.125. The van der Waals surface area contributed by atoms with Crippen molar-refractivity contribution < 1.29 is 5.11 Å². The number of halogens is 1. The number of hydrogen-bond donors (Lipinski definition) is 1. The lowest BCUT2D eigenvalue weighted by Gasteiger charge is -2.20. The normalized spacial score (nSPS) is 13.3. The molecule has 1 nitrogen and oxygen atoms in total. The van der Waals surface area contributed by atoms with Gasteiger partial charge in [0.1, 0.15) is 6.10 Å². The molecule has 2 rings (SSSR count). The van der Waals surface area contributed by atoms with E-state index in [2.05, 4.69) is 32.9 Å². The molecule has 19 heavy (non-hydrogen) atoms. The summed E-state index contributed by atoms with van der Waals surface area (Å²) in [6.07, 6.45) is -0.632. The summed E-state index contributed by atoms with van der Waals surface area (Å²) in [5.41, 5.74) is 3.08. The molecule has 0 aromatic heterocycles. The third-order valence-electron chi connectivity index (χ3n) is 3.26. The molecule has 2 heteroatoms. The van der Waals surface area contributed by atoms with Gasteiger partial charge in [0.25, 0.3) is 0 Å². The summed E-state index contributed by atoms with van der Waals surface area (Å²) in [6.45, 7) is 6.53. The number of benzene rings is 2. The molecular formula is C17H19ClO. The van der Waals surface area contributed by atoms with E-state index in [4.69, 9.17) is 11.6 Å². The van der Waals surface area contributed by atoms with Crippen molar-refractivity contribution in [2.24, 2.45) is 0 Å². The maximum Gasteiger partial charge on any atom is 0.104 e. The Hall–Kier alpha value is -1.31. The van der Waals surface area contributed by atoms with Crippen LogP contribution in [0.1, 0.15) is 43.6 Å². The Kier molecular flexibility index (Phi) is 3.98. The Balaban J connectivity index is 2.27. The first-order valence-corrected chi connectivity index (χ1v) is 6.80. The highest BCUT2D eigenvalue weighted by molar-refractivity contribution is 6.30. The average Bonchev–Trinajstić information content (AvgIpc) is 2.37. The van der Waals surface area contributed by atoms with Crippen molar-refractivity contribution in [3.63, 3.8) is 0 Å². The first-order chi connectivity index (χ1) is 8.88. The summed E-state index contributed by atoms with van der Waals surface area (Å²) < 4.78 is 0. The fourth-order valence-electron chi connectivity index (χ4n) is 2.03. The molecule has 0 fully saturated rings. The van der Waals surface area contributed by atoms with Crippen molar-refractivity contribution in [3.05, 3.63) is 70.2 Å². The highest BCUT2D eigenvalue weighted by atomic mass is 35.5. The summed E-state index contributed by atoms with van der Waals surface area (Å²) in [7, 11) is 0. The van der Waals surface area contributed by atoms with Crippen LogP contribution in [0.2, 0.25) is 5.02 Å². The van der Waals surface area contributed by atoms with E-state index in [0.717, 1.165) is 11.1 Å². The van der Waals surface area contributed by atoms with E-state index >= 15 is 0 Å². The fraction of sp³-hybridized carbons (Fsp3) is 0.294. The second-order valence-corrected chi connectivity index (χ2v) is 6.27. The van der Waals surface area contributed by atoms with E-state index < -0.39 is 6.10 Å². The predicted octanol–water partition coefficient (Wildman–Crippen LogP) is 4.72. The molecule has 0 aliphatic rings. The van der Waals surface area contributed by atoms with Crippen molar-refractivity contribution in [2.75, 3.05) is 0 Å². The molecule has 2 aromatic carbocycles. The van der Waals surface area contributed by atoms with Gasteiger partial charge in [-0.2, -0.15) is 0 Å². The number of aliphatic hydroxyl groups is 1. The van der Waals surface area contributed by atoms with Crippen LogP contribution in [0.5, 0.6) is 0 Å². The first kappa shape index (κ1) is 14.1. The zero-order chi connectivity index (χ0) is 14.0. The van der Waals surface area contributed by atoms with Crippen LogP contribution in [0.15, 0.2) is 48.5 Å². The summed E-state index contributed by atoms with van der Waals surface area (Å²) in [6, 6.07) is 15.4. The SMILES string of the molecule is CC(C)(C)c1ccc(C(O)c2cccc(Cl)c2)cc1. The maximum atomic E-state index is 10.4. The van der Waals surface area contributed by atoms with Gasteiger partial charge in [-0.25, -0.2) is 0 Å². The second kappa shape index (κ2) is 5.36. The Morgan fingerprint density at radius 2 is 1.58 bits per heavy atom. The molecule has 0 aliphatic heterocycles. The second-order valence-electron chi connectivity index (χ2n) is 5.83. The van der Waals surface area contributed by atoms with Gasteiger partial charge in [-0.1, -0.05) is 68.8 Å². The van der Waals surface area contributed by atoms with Crippen molar-refractivity contribution >= 4 is 11.6 Å². The zero-order valence-corrected chi connectivity index (χ0v) is 12.3. The van der Waals surface area contributed by atoms with Gasteiger partial charge in [0.15, 0.2) is 0 Å². The molecule has 0 amide bonds. The Morgan fingerprint density at radius 3 is 2.11 bits per heavy atom. The molecular weight excluding hydrogens is 256 g/mol. The van der Waals surface area contributed by atoms with E-state index in [9.17, 15) is 5.11 Å². The quantitative estimate of drug-likeness (QED) is 0.840. The largest absolute Gasteiger partial charge is 0.384 e. The molecule has 2 aromatic rings. The first-order valence-electron chi connectivity index (χ1n) is 6.42. The smallest absolute Gasteiger partial charge is 0.104 e. The van der Waals surface area contributed by atoms with Gasteiger partial charge in [-0.15, -0.1) is 0 Å². The molecule has 0 spiro atoms. The predicted molar refractivity (Wildman–Crippen MR) is 80.7 cm³/mol. The van der Waals surface area contributed by atoms with Gasteiger partial charge < -0.3 is 5.11 Å². The van der Waals surface area contributed by atoms with Crippen molar-refractivity contribution in [3.8, 4) is 0 Å². The van der Waals surface area contributed by atoms with E-state index in [-0.39, 0.29) is 5.41 Å². The van der Waals surface area contributed by atoms with Crippen LogP contribution in [-0.4, -0.2) is 5.11 Å². The standard InChI is InChI=1S/C17H19ClO/c1-17(2,3)14-9-7-12(8-10-14)16(19)13-5-4-6-15(18)11-13/h4-11,16,19H,1-3H3. The topological polar surface area (TPSA) is 20.2 Å². The van der Waals surface area contributed by atoms with Crippen LogP contribution in [0, 0.1) is 0 Å². The Morgan fingerprint density at radius 1 is 0.947 bits per heavy atom. The van der Waals surface area contributed by atoms with Crippen molar-refractivity contribution in [2.45, 2.75) is 32.3 Å². The lowest BCUT2D eigenvalue weighted by atomic mass is 9.86. The summed E-state index contributed by atoms with van der Waals surface area (Å²) in [5, 5.41) is 11.0. The zero-order valence-electron chi connectivity index (χ0n) is 11.5. The average molecular weight is 275 g/mol. The van der Waals surface area contributed by atoms with Gasteiger partial charge in [-0.05, 0) is 34.2 Å². The molecule has 0 heterocycles. The van der Waals surface area contributed by atoms with E-state index in [1.165, 1.54) is 5.56 Å². The molecule has 100 valence electrons. The van der Waals surface area contributed by atoms with Gasteiger partial charge in [0.2, 0.25) is 0 Å². The van der Waals surface area contributed by atoms with E-state index in [0.29, 0.717) is 5.02 Å². The maximum absolute atomic E-state index is 10.4. The van der Waals surface area contributed by atoms with Crippen LogP contribution < -0.4 is 0 Å². The number of hydrogen-bond acceptors (Lipinski definition) is 1.